The molecule has 4 nitrogen and oxygen atoms in total. The van der Waals surface area contributed by atoms with Gasteiger partial charge in [-0.3, -0.25) is 0 Å². The van der Waals surface area contributed by atoms with Crippen LogP contribution in [0.5, 0.6) is 0 Å². The minimum absolute atomic E-state index is 0.393. The topological polar surface area (TPSA) is 68.3 Å². The number of hydrogen-bond acceptors (Lipinski definition) is 4. The summed E-state index contributed by atoms with van der Waals surface area (Å²) in [5, 5.41) is 4.01. The molecule has 0 aliphatic rings. The largest absolute Gasteiger partial charge is 0.423 e. The smallest absolute Gasteiger partial charge is 0.338 e. The molecule has 0 aliphatic carbocycles. The number of para-hydroxylation sites is 3. The molecule has 19 heavy (non-hydrogen) atoms. The van der Waals surface area contributed by atoms with E-state index in [0.29, 0.717) is 17.0 Å². The maximum atomic E-state index is 11.5. The van der Waals surface area contributed by atoms with E-state index in [-0.39, 0.29) is 0 Å². The molecule has 1 aromatic heterocycles. The molecule has 3 aromatic rings. The lowest BCUT2D eigenvalue weighted by atomic mass is 10.2. The minimum Gasteiger partial charge on any atom is -0.423 e. The molecule has 0 fully saturated rings. The molecule has 0 unspecified atom stereocenters. The van der Waals surface area contributed by atoms with Crippen molar-refractivity contribution in [2.75, 3.05) is 11.1 Å². The van der Waals surface area contributed by atoms with Crippen molar-refractivity contribution in [3.05, 3.63) is 65.0 Å². The number of nitrogen functional groups attached to an aromatic ring is 1. The summed E-state index contributed by atoms with van der Waals surface area (Å²) in [5.74, 6) is 0. The van der Waals surface area contributed by atoms with Gasteiger partial charge in [0.2, 0.25) is 0 Å². The molecule has 2 aromatic carbocycles. The second-order valence-electron chi connectivity index (χ2n) is 4.19. The lowest BCUT2D eigenvalue weighted by Gasteiger charge is -2.10. The molecule has 0 amide bonds. The van der Waals surface area contributed by atoms with Crippen molar-refractivity contribution in [1.82, 2.24) is 0 Å². The summed E-state index contributed by atoms with van der Waals surface area (Å²) in [6.07, 6.45) is 0. The third-order valence-corrected chi connectivity index (χ3v) is 2.88. The second kappa shape index (κ2) is 4.49. The first-order valence-corrected chi connectivity index (χ1v) is 5.88. The van der Waals surface area contributed by atoms with Gasteiger partial charge in [0.05, 0.1) is 17.1 Å². The summed E-state index contributed by atoms with van der Waals surface area (Å²) in [7, 11) is 0. The van der Waals surface area contributed by atoms with Crippen LogP contribution in [0.25, 0.3) is 11.0 Å². The van der Waals surface area contributed by atoms with Crippen LogP contribution in [-0.4, -0.2) is 0 Å². The van der Waals surface area contributed by atoms with Crippen molar-refractivity contribution in [3.8, 4) is 0 Å². The zero-order valence-electron chi connectivity index (χ0n) is 10.1. The van der Waals surface area contributed by atoms with Crippen LogP contribution in [0.2, 0.25) is 0 Å². The first-order valence-electron chi connectivity index (χ1n) is 5.88. The molecule has 0 spiro atoms. The zero-order valence-corrected chi connectivity index (χ0v) is 10.1. The number of hydrogen-bond donors (Lipinski definition) is 2. The van der Waals surface area contributed by atoms with Crippen molar-refractivity contribution in [3.63, 3.8) is 0 Å². The Kier molecular flexibility index (Phi) is 2.68. The van der Waals surface area contributed by atoms with Crippen LogP contribution in [0.15, 0.2) is 63.8 Å². The summed E-state index contributed by atoms with van der Waals surface area (Å²) in [5.41, 5.74) is 8.11. The van der Waals surface area contributed by atoms with E-state index < -0.39 is 5.63 Å². The fourth-order valence-corrected chi connectivity index (χ4v) is 1.97. The standard InChI is InChI=1S/C15H12N2O2/c16-11-6-2-3-7-12(11)17-13-9-15(18)19-14-8-4-1-5-10(13)14/h1-9,17H,16H2. The Labute approximate surface area is 109 Å². The number of fused-ring (bicyclic) bond motifs is 1. The van der Waals surface area contributed by atoms with Gasteiger partial charge < -0.3 is 15.5 Å². The number of benzene rings is 2. The van der Waals surface area contributed by atoms with E-state index in [1.807, 2.05) is 36.4 Å². The van der Waals surface area contributed by atoms with Gasteiger partial charge >= 0.3 is 5.63 Å². The maximum Gasteiger partial charge on any atom is 0.338 e. The van der Waals surface area contributed by atoms with Crippen molar-refractivity contribution >= 4 is 28.0 Å². The normalized spacial score (nSPS) is 10.5. The van der Waals surface area contributed by atoms with Gasteiger partial charge in [0, 0.05) is 11.5 Å². The molecular formula is C15H12N2O2. The lowest BCUT2D eigenvalue weighted by Crippen LogP contribution is -2.02. The van der Waals surface area contributed by atoms with E-state index in [4.69, 9.17) is 10.2 Å². The van der Waals surface area contributed by atoms with Gasteiger partial charge in [-0.2, -0.15) is 0 Å². The van der Waals surface area contributed by atoms with E-state index in [2.05, 4.69) is 5.32 Å². The predicted molar refractivity (Wildman–Crippen MR) is 76.6 cm³/mol. The summed E-state index contributed by atoms with van der Waals surface area (Å²) in [6, 6.07) is 16.2. The van der Waals surface area contributed by atoms with Gasteiger partial charge in [-0.1, -0.05) is 24.3 Å². The van der Waals surface area contributed by atoms with Crippen LogP contribution in [-0.2, 0) is 0 Å². The monoisotopic (exact) mass is 252 g/mol. The number of nitrogens with two attached hydrogens (primary N) is 1. The number of anilines is 3. The Morgan fingerprint density at radius 3 is 2.53 bits per heavy atom. The zero-order chi connectivity index (χ0) is 13.2. The summed E-state index contributed by atoms with van der Waals surface area (Å²) in [4.78, 5) is 11.5. The molecule has 3 N–H and O–H groups in total. The van der Waals surface area contributed by atoms with Gasteiger partial charge in [0.15, 0.2) is 0 Å². The molecule has 0 atom stereocenters. The Bertz CT molecular complexity index is 793. The van der Waals surface area contributed by atoms with Crippen LogP contribution >= 0.6 is 0 Å². The summed E-state index contributed by atoms with van der Waals surface area (Å²) < 4.78 is 5.14. The first-order chi connectivity index (χ1) is 9.24. The van der Waals surface area contributed by atoms with Crippen LogP contribution in [0.4, 0.5) is 17.1 Å². The third-order valence-electron chi connectivity index (χ3n) is 2.88. The van der Waals surface area contributed by atoms with Gasteiger partial charge in [-0.15, -0.1) is 0 Å². The molecule has 3 rings (SSSR count). The van der Waals surface area contributed by atoms with Gasteiger partial charge in [0.1, 0.15) is 5.58 Å². The fourth-order valence-electron chi connectivity index (χ4n) is 1.97. The highest BCUT2D eigenvalue weighted by Gasteiger charge is 2.06. The van der Waals surface area contributed by atoms with Gasteiger partial charge in [0.25, 0.3) is 0 Å². The SMILES string of the molecule is Nc1ccccc1Nc1cc(=O)oc2ccccc12. The Balaban J connectivity index is 2.15. The van der Waals surface area contributed by atoms with Gasteiger partial charge in [-0.25, -0.2) is 4.79 Å². The molecule has 0 radical (unpaired) electrons. The molecule has 0 saturated heterocycles. The quantitative estimate of drug-likeness (QED) is 0.543. The molecular weight excluding hydrogens is 240 g/mol. The fraction of sp³-hybridized carbons (Fsp3) is 0. The van der Waals surface area contributed by atoms with E-state index in [0.717, 1.165) is 11.1 Å². The highest BCUT2D eigenvalue weighted by Crippen LogP contribution is 2.27. The van der Waals surface area contributed by atoms with Crippen molar-refractivity contribution in [1.29, 1.82) is 0 Å². The maximum absolute atomic E-state index is 11.5. The molecule has 0 bridgehead atoms. The Morgan fingerprint density at radius 2 is 1.68 bits per heavy atom. The van der Waals surface area contributed by atoms with E-state index in [1.165, 1.54) is 6.07 Å². The van der Waals surface area contributed by atoms with Crippen molar-refractivity contribution < 1.29 is 4.42 Å². The van der Waals surface area contributed by atoms with E-state index in [9.17, 15) is 4.79 Å². The minimum atomic E-state index is -0.393. The second-order valence-corrected chi connectivity index (χ2v) is 4.19. The highest BCUT2D eigenvalue weighted by atomic mass is 16.4. The van der Waals surface area contributed by atoms with Crippen molar-refractivity contribution in [2.45, 2.75) is 0 Å². The molecule has 4 heteroatoms. The molecule has 1 heterocycles. The van der Waals surface area contributed by atoms with E-state index in [1.54, 1.807) is 12.1 Å². The van der Waals surface area contributed by atoms with Crippen LogP contribution < -0.4 is 16.7 Å². The predicted octanol–water partition coefficient (Wildman–Crippen LogP) is 3.12. The summed E-state index contributed by atoms with van der Waals surface area (Å²) in [6.45, 7) is 0. The average molecular weight is 252 g/mol. The van der Waals surface area contributed by atoms with E-state index >= 15 is 0 Å². The number of nitrogens with one attached hydrogen (secondary N) is 1. The molecule has 0 aliphatic heterocycles. The third kappa shape index (κ3) is 2.15. The van der Waals surface area contributed by atoms with Crippen LogP contribution in [0, 0.1) is 0 Å². The molecule has 0 saturated carbocycles. The average Bonchev–Trinajstić information content (AvgIpc) is 2.41. The van der Waals surface area contributed by atoms with Crippen LogP contribution in [0.1, 0.15) is 0 Å². The van der Waals surface area contributed by atoms with Gasteiger partial charge in [-0.05, 0) is 24.3 Å². The highest BCUT2D eigenvalue weighted by molar-refractivity contribution is 5.92. The molecule has 94 valence electrons. The number of rotatable bonds is 2. The first kappa shape index (κ1) is 11.3. The lowest BCUT2D eigenvalue weighted by molar-refractivity contribution is 0.561. The Morgan fingerprint density at radius 1 is 0.947 bits per heavy atom. The van der Waals surface area contributed by atoms with Crippen molar-refractivity contribution in [2.24, 2.45) is 0 Å². The Hall–Kier alpha value is -2.75. The van der Waals surface area contributed by atoms with Crippen LogP contribution in [0.3, 0.4) is 0 Å². The summed E-state index contributed by atoms with van der Waals surface area (Å²) >= 11 is 0.